The molecule has 1 aliphatic heterocycles. The highest BCUT2D eigenvalue weighted by atomic mass is 35.5. The third-order valence-corrected chi connectivity index (χ3v) is 8.40. The summed E-state index contributed by atoms with van der Waals surface area (Å²) in [4.78, 5) is 21.5. The number of nitrogens with zero attached hydrogens (tertiary/aromatic N) is 3. The number of piperazine rings is 1. The van der Waals surface area contributed by atoms with Crippen LogP contribution >= 0.6 is 22.9 Å². The molecule has 4 rings (SSSR count). The van der Waals surface area contributed by atoms with E-state index in [0.29, 0.717) is 37.8 Å². The van der Waals surface area contributed by atoms with Gasteiger partial charge in [0.2, 0.25) is 5.91 Å². The number of para-hydroxylation sites is 1. The van der Waals surface area contributed by atoms with Crippen LogP contribution in [0.25, 0.3) is 10.2 Å². The third kappa shape index (κ3) is 5.00. The van der Waals surface area contributed by atoms with Crippen molar-refractivity contribution in [3.63, 3.8) is 0 Å². The number of fused-ring (bicyclic) bond motifs is 1. The lowest BCUT2D eigenvalue weighted by molar-refractivity contribution is -0.131. The number of halogens is 1. The van der Waals surface area contributed by atoms with Crippen molar-refractivity contribution in [2.75, 3.05) is 43.4 Å². The van der Waals surface area contributed by atoms with Gasteiger partial charge in [-0.2, -0.15) is 0 Å². The number of aromatic nitrogens is 1. The van der Waals surface area contributed by atoms with Crippen LogP contribution < -0.4 is 9.64 Å². The first-order valence-electron chi connectivity index (χ1n) is 10.4. The smallest absolute Gasteiger partial charge is 0.223 e. The molecular weight excluding hydrogens is 470 g/mol. The van der Waals surface area contributed by atoms with Crippen molar-refractivity contribution in [2.24, 2.45) is 0 Å². The Labute approximate surface area is 196 Å². The lowest BCUT2D eigenvalue weighted by atomic mass is 10.3. The summed E-state index contributed by atoms with van der Waals surface area (Å²) in [5, 5.41) is 1.38. The minimum absolute atomic E-state index is 0.0379. The fraction of sp³-hybridized carbons (Fsp3) is 0.364. The summed E-state index contributed by atoms with van der Waals surface area (Å²) in [6.07, 6.45) is -0.0379. The largest absolute Gasteiger partial charge is 0.492 e. The zero-order valence-corrected chi connectivity index (χ0v) is 20.0. The standard InChI is InChI=1S/C22H24ClN3O4S2/c1-2-30-18-4-3-5-19-21(18)24-22(31-19)26-13-11-25(12-14-26)20(27)10-15-32(28,29)17-8-6-16(23)7-9-17/h3-9H,2,10-15H2,1H3. The molecule has 0 spiro atoms. The number of rotatable bonds is 7. The number of amides is 1. The predicted octanol–water partition coefficient (Wildman–Crippen LogP) is 3.86. The Balaban J connectivity index is 1.34. The van der Waals surface area contributed by atoms with Crippen molar-refractivity contribution < 1.29 is 17.9 Å². The minimum Gasteiger partial charge on any atom is -0.492 e. The Morgan fingerprint density at radius 1 is 1.12 bits per heavy atom. The van der Waals surface area contributed by atoms with E-state index in [2.05, 4.69) is 4.90 Å². The molecule has 1 aromatic heterocycles. The molecule has 0 atom stereocenters. The Bertz CT molecular complexity index is 1200. The molecule has 0 radical (unpaired) electrons. The highest BCUT2D eigenvalue weighted by molar-refractivity contribution is 7.91. The number of hydrogen-bond donors (Lipinski definition) is 0. The second-order valence-corrected chi connectivity index (χ2v) is 11.0. The van der Waals surface area contributed by atoms with E-state index in [-0.39, 0.29) is 23.0 Å². The van der Waals surface area contributed by atoms with Crippen molar-refractivity contribution in [1.82, 2.24) is 9.88 Å². The second-order valence-electron chi connectivity index (χ2n) is 7.42. The van der Waals surface area contributed by atoms with Crippen molar-refractivity contribution in [1.29, 1.82) is 0 Å². The lowest BCUT2D eigenvalue weighted by Crippen LogP contribution is -2.49. The number of anilines is 1. The van der Waals surface area contributed by atoms with Crippen LogP contribution in [0.1, 0.15) is 13.3 Å². The molecule has 2 aromatic carbocycles. The van der Waals surface area contributed by atoms with Crippen molar-refractivity contribution in [3.05, 3.63) is 47.5 Å². The number of ether oxygens (including phenoxy) is 1. The molecule has 32 heavy (non-hydrogen) atoms. The number of carbonyl (C=O) groups excluding carboxylic acids is 1. The number of hydrogen-bond acceptors (Lipinski definition) is 7. The summed E-state index contributed by atoms with van der Waals surface area (Å²) >= 11 is 7.43. The van der Waals surface area contributed by atoms with Crippen molar-refractivity contribution >= 4 is 54.0 Å². The van der Waals surface area contributed by atoms with Gasteiger partial charge in [-0.25, -0.2) is 13.4 Å². The summed E-state index contributed by atoms with van der Waals surface area (Å²) < 4.78 is 31.7. The number of thiazole rings is 1. The van der Waals surface area contributed by atoms with Gasteiger partial charge in [0.25, 0.3) is 0 Å². The Morgan fingerprint density at radius 3 is 2.53 bits per heavy atom. The van der Waals surface area contributed by atoms with Gasteiger partial charge in [-0.3, -0.25) is 4.79 Å². The van der Waals surface area contributed by atoms with Crippen LogP contribution in [0.5, 0.6) is 5.75 Å². The van der Waals surface area contributed by atoms with Gasteiger partial charge in [0.05, 0.1) is 22.0 Å². The maximum Gasteiger partial charge on any atom is 0.223 e. The van der Waals surface area contributed by atoms with E-state index < -0.39 is 9.84 Å². The first-order chi connectivity index (χ1) is 15.4. The molecule has 1 aliphatic rings. The summed E-state index contributed by atoms with van der Waals surface area (Å²) in [6, 6.07) is 11.9. The maximum absolute atomic E-state index is 12.6. The van der Waals surface area contributed by atoms with Gasteiger partial charge in [-0.15, -0.1) is 0 Å². The zero-order valence-electron chi connectivity index (χ0n) is 17.7. The van der Waals surface area contributed by atoms with Crippen LogP contribution in [-0.2, 0) is 14.6 Å². The van der Waals surface area contributed by atoms with Crippen LogP contribution in [-0.4, -0.2) is 62.7 Å². The molecule has 2 heterocycles. The Kier molecular flexibility index (Phi) is 6.88. The van der Waals surface area contributed by atoms with Crippen LogP contribution in [0.2, 0.25) is 5.02 Å². The minimum atomic E-state index is -3.53. The monoisotopic (exact) mass is 493 g/mol. The van der Waals surface area contributed by atoms with Gasteiger partial charge in [0.15, 0.2) is 15.0 Å². The van der Waals surface area contributed by atoms with Gasteiger partial charge in [-0.1, -0.05) is 29.0 Å². The zero-order chi connectivity index (χ0) is 22.7. The van der Waals surface area contributed by atoms with Crippen LogP contribution in [0, 0.1) is 0 Å². The fourth-order valence-electron chi connectivity index (χ4n) is 3.61. The van der Waals surface area contributed by atoms with Crippen molar-refractivity contribution in [2.45, 2.75) is 18.2 Å². The van der Waals surface area contributed by atoms with Crippen LogP contribution in [0.4, 0.5) is 5.13 Å². The first kappa shape index (κ1) is 22.8. The van der Waals surface area contributed by atoms with Gasteiger partial charge >= 0.3 is 0 Å². The summed E-state index contributed by atoms with van der Waals surface area (Å²) in [6.45, 7) is 4.91. The summed E-state index contributed by atoms with van der Waals surface area (Å²) in [5.74, 6) is 0.416. The van der Waals surface area contributed by atoms with E-state index in [1.165, 1.54) is 24.3 Å². The second kappa shape index (κ2) is 9.64. The molecular formula is C22H24ClN3O4S2. The fourth-order valence-corrected chi connectivity index (χ4v) is 6.00. The van der Waals surface area contributed by atoms with E-state index >= 15 is 0 Å². The van der Waals surface area contributed by atoms with Gasteiger partial charge in [0, 0.05) is 37.6 Å². The maximum atomic E-state index is 12.6. The third-order valence-electron chi connectivity index (χ3n) is 5.33. The van der Waals surface area contributed by atoms with Gasteiger partial charge in [0.1, 0.15) is 11.3 Å². The molecule has 10 heteroatoms. The van der Waals surface area contributed by atoms with E-state index in [4.69, 9.17) is 21.3 Å². The molecule has 170 valence electrons. The normalized spacial score (nSPS) is 14.7. The van der Waals surface area contributed by atoms with E-state index in [1.807, 2.05) is 25.1 Å². The number of carbonyl (C=O) groups is 1. The van der Waals surface area contributed by atoms with Gasteiger partial charge in [-0.05, 0) is 43.3 Å². The summed E-state index contributed by atoms with van der Waals surface area (Å²) in [5.41, 5.74) is 0.861. The quantitative estimate of drug-likeness (QED) is 0.497. The van der Waals surface area contributed by atoms with E-state index in [9.17, 15) is 13.2 Å². The Morgan fingerprint density at radius 2 is 1.84 bits per heavy atom. The molecule has 1 fully saturated rings. The van der Waals surface area contributed by atoms with E-state index in [0.717, 1.165) is 21.1 Å². The number of sulfone groups is 1. The molecule has 1 amide bonds. The average molecular weight is 494 g/mol. The van der Waals surface area contributed by atoms with E-state index in [1.54, 1.807) is 16.2 Å². The van der Waals surface area contributed by atoms with Crippen LogP contribution in [0.15, 0.2) is 47.4 Å². The lowest BCUT2D eigenvalue weighted by Gasteiger charge is -2.34. The predicted molar refractivity (Wildman–Crippen MR) is 128 cm³/mol. The average Bonchev–Trinajstić information content (AvgIpc) is 3.24. The molecule has 0 bridgehead atoms. The first-order valence-corrected chi connectivity index (χ1v) is 13.3. The summed E-state index contributed by atoms with van der Waals surface area (Å²) in [7, 11) is -3.53. The molecule has 1 saturated heterocycles. The van der Waals surface area contributed by atoms with Gasteiger partial charge < -0.3 is 14.5 Å². The molecule has 0 N–H and O–H groups in total. The number of benzene rings is 2. The molecule has 0 aliphatic carbocycles. The molecule has 0 saturated carbocycles. The Hall–Kier alpha value is -2.36. The highest BCUT2D eigenvalue weighted by Gasteiger charge is 2.25. The molecule has 0 unspecified atom stereocenters. The van der Waals surface area contributed by atoms with Crippen molar-refractivity contribution in [3.8, 4) is 5.75 Å². The topological polar surface area (TPSA) is 79.8 Å². The SMILES string of the molecule is CCOc1cccc2sc(N3CCN(C(=O)CCS(=O)(=O)c4ccc(Cl)cc4)CC3)nc12. The molecule has 3 aromatic rings. The molecule has 7 nitrogen and oxygen atoms in total. The van der Waals surface area contributed by atoms with Crippen LogP contribution in [0.3, 0.4) is 0 Å². The highest BCUT2D eigenvalue weighted by Crippen LogP contribution is 2.34.